The molecule has 18 nitrogen and oxygen atoms in total. The number of nitrogens with zero attached hydrogens (tertiary/aromatic N) is 4. The Hall–Kier alpha value is -7.44. The molecule has 0 radical (unpaired) electrons. The van der Waals surface area contributed by atoms with Crippen LogP contribution in [0.5, 0.6) is 0 Å². The molecule has 4 aliphatic heterocycles. The number of ketones is 2. The van der Waals surface area contributed by atoms with Crippen LogP contribution in [-0.2, 0) is 84.1 Å². The maximum atomic E-state index is 15.5. The Bertz CT molecular complexity index is 3500. The third-order valence-electron chi connectivity index (χ3n) is 16.6. The first-order valence-corrected chi connectivity index (χ1v) is 29.2. The number of anilines is 1. The first-order chi connectivity index (χ1) is 40.7. The first-order valence-electron chi connectivity index (χ1n) is 29.2. The highest BCUT2D eigenvalue weighted by atomic mass is 19.1. The molecule has 2 N–H and O–H groups in total. The number of rotatable bonds is 27. The number of amides is 3. The maximum absolute atomic E-state index is 15.5. The second-order valence-corrected chi connectivity index (χ2v) is 21.9. The lowest BCUT2D eigenvalue weighted by molar-refractivity contribution is -0.147. The monoisotopic (exact) mass is 1150 g/mol. The molecule has 0 spiro atoms. The van der Waals surface area contributed by atoms with E-state index in [9.17, 15) is 33.9 Å². The number of nitrogens with one attached hydrogen (secondary N) is 1. The molecule has 2 aromatic heterocycles. The SMILES string of the molecule is C=C1OCc2c(cc3n(c2=O)Cc2c-3nc3cc(F)c(C)c4c3c2[C@@H](NC(=O)COC2CCCN2C(=O)CCC(=O)CCOCCOCCOCCOCCCC(=O)CCC(=O)N2Cc3ccccc3C#Cc3ccccc32)CC4)[C@@]1(O)CC. The number of hydrogen-bond acceptors (Lipinski definition) is 14. The molecule has 1 unspecified atom stereocenters. The van der Waals surface area contributed by atoms with Crippen LogP contribution in [0.15, 0.2) is 77.8 Å². The molecule has 0 bridgehead atoms. The van der Waals surface area contributed by atoms with Gasteiger partial charge in [-0.05, 0) is 92.0 Å². The number of aromatic nitrogens is 2. The van der Waals surface area contributed by atoms with E-state index in [1.807, 2.05) is 48.5 Å². The number of halogens is 1. The smallest absolute Gasteiger partial charge is 0.258 e. The zero-order valence-electron chi connectivity index (χ0n) is 47.8. The summed E-state index contributed by atoms with van der Waals surface area (Å²) in [6, 6.07) is 18.0. The van der Waals surface area contributed by atoms with Gasteiger partial charge in [0.2, 0.25) is 17.7 Å². The number of pyridine rings is 2. The van der Waals surface area contributed by atoms with Crippen LogP contribution in [0.4, 0.5) is 10.1 Å². The van der Waals surface area contributed by atoms with Crippen LogP contribution in [0.25, 0.3) is 22.3 Å². The predicted molar refractivity (Wildman–Crippen MR) is 309 cm³/mol. The Morgan fingerprint density at radius 2 is 1.49 bits per heavy atom. The zero-order chi connectivity index (χ0) is 58.9. The van der Waals surface area contributed by atoms with Gasteiger partial charge >= 0.3 is 0 Å². The fraction of sp³-hybridized carbons (Fsp3) is 0.462. The van der Waals surface area contributed by atoms with E-state index in [-0.39, 0.29) is 106 Å². The van der Waals surface area contributed by atoms with Crippen LogP contribution in [0.1, 0.15) is 134 Å². The highest BCUT2D eigenvalue weighted by molar-refractivity contribution is 5.97. The Kier molecular flexibility index (Phi) is 19.2. The molecule has 5 aromatic rings. The van der Waals surface area contributed by atoms with Gasteiger partial charge in [-0.25, -0.2) is 9.37 Å². The molecule has 3 aromatic carbocycles. The molecule has 84 heavy (non-hydrogen) atoms. The van der Waals surface area contributed by atoms with Gasteiger partial charge in [0, 0.05) is 85.4 Å². The largest absolute Gasteiger partial charge is 0.490 e. The first kappa shape index (κ1) is 59.7. The van der Waals surface area contributed by atoms with E-state index in [0.717, 1.165) is 44.5 Å². The van der Waals surface area contributed by atoms with Crippen molar-refractivity contribution in [1.29, 1.82) is 0 Å². The molecule has 442 valence electrons. The standard InChI is InChI=1S/C65H72FN5O13/c1-4-65(78)42(3)83-39-50-51(65)35-56-63-49(38-71(56)64(50)77)62-53(22-21-48-41(2)52(66)36-54(68-63)61(48)62)67-57(74)40-84-60-16-9-26-69(60)58(75)23-20-47(73)25-28-80-30-32-82-34-33-81-31-29-79-27-10-14-46(72)19-24-59(76)70-37-45-13-6-5-11-43(45)17-18-44-12-7-8-15-55(44)70/h5-8,11-13,15,35-36,53,60,78H,3-4,9-10,14,16,19-34,37-40H2,1-2H3,(H,67,74)/t53-,60?,65+/m0/s1. The summed E-state index contributed by atoms with van der Waals surface area (Å²) in [5.74, 6) is 5.33. The molecule has 5 aliphatic rings. The van der Waals surface area contributed by atoms with E-state index in [0.29, 0.717) is 125 Å². The molecule has 1 fully saturated rings. The Balaban J connectivity index is 0.579. The topological polar surface area (TPSA) is 214 Å². The fourth-order valence-electron chi connectivity index (χ4n) is 12.0. The summed E-state index contributed by atoms with van der Waals surface area (Å²) in [4.78, 5) is 88.3. The number of carbonyl (C=O) groups is 5. The lowest BCUT2D eigenvalue weighted by Crippen LogP contribution is -2.40. The van der Waals surface area contributed by atoms with Gasteiger partial charge in [-0.3, -0.25) is 28.8 Å². The minimum atomic E-state index is -1.58. The molecule has 6 heterocycles. The van der Waals surface area contributed by atoms with Crippen LogP contribution in [-0.4, -0.2) is 121 Å². The van der Waals surface area contributed by atoms with E-state index in [1.165, 1.54) is 6.07 Å². The molecule has 1 saturated heterocycles. The van der Waals surface area contributed by atoms with Gasteiger partial charge in [-0.2, -0.15) is 0 Å². The molecule has 10 rings (SSSR count). The minimum Gasteiger partial charge on any atom is -0.490 e. The normalized spacial score (nSPS) is 18.1. The Labute approximate surface area is 487 Å². The van der Waals surface area contributed by atoms with Crippen molar-refractivity contribution in [3.63, 3.8) is 0 Å². The predicted octanol–water partition coefficient (Wildman–Crippen LogP) is 7.46. The van der Waals surface area contributed by atoms with Crippen LogP contribution in [0.2, 0.25) is 0 Å². The Morgan fingerprint density at radius 1 is 0.810 bits per heavy atom. The summed E-state index contributed by atoms with van der Waals surface area (Å²) >= 11 is 0. The van der Waals surface area contributed by atoms with Gasteiger partial charge < -0.3 is 53.2 Å². The van der Waals surface area contributed by atoms with Crippen molar-refractivity contribution in [1.82, 2.24) is 19.8 Å². The highest BCUT2D eigenvalue weighted by Gasteiger charge is 2.43. The zero-order valence-corrected chi connectivity index (χ0v) is 47.8. The summed E-state index contributed by atoms with van der Waals surface area (Å²) < 4.78 is 51.2. The van der Waals surface area contributed by atoms with Crippen molar-refractivity contribution in [2.45, 2.75) is 128 Å². The van der Waals surface area contributed by atoms with E-state index in [4.69, 9.17) is 33.4 Å². The third kappa shape index (κ3) is 13.1. The molecule has 19 heteroatoms. The lowest BCUT2D eigenvalue weighted by Gasteiger charge is -2.35. The van der Waals surface area contributed by atoms with Crippen molar-refractivity contribution in [2.24, 2.45) is 0 Å². The second kappa shape index (κ2) is 27.1. The summed E-state index contributed by atoms with van der Waals surface area (Å²) in [5, 5.41) is 15.5. The number of Topliss-reactive ketones (excluding diaryl/α,β-unsaturated/α-hetero) is 2. The number of aryl methyl sites for hydroxylation is 1. The minimum absolute atomic E-state index is 0.00381. The van der Waals surface area contributed by atoms with Crippen molar-refractivity contribution in [2.75, 3.05) is 70.9 Å². The Morgan fingerprint density at radius 3 is 2.25 bits per heavy atom. The molecular formula is C65H72FN5O13. The van der Waals surface area contributed by atoms with Gasteiger partial charge in [0.1, 0.15) is 48.2 Å². The van der Waals surface area contributed by atoms with Crippen molar-refractivity contribution < 1.29 is 61.9 Å². The fourth-order valence-corrected chi connectivity index (χ4v) is 12.0. The number of ether oxygens (including phenoxy) is 6. The third-order valence-corrected chi connectivity index (χ3v) is 16.6. The molecular weight excluding hydrogens is 1080 g/mol. The van der Waals surface area contributed by atoms with Crippen LogP contribution < -0.4 is 15.8 Å². The van der Waals surface area contributed by atoms with Crippen molar-refractivity contribution in [3.8, 4) is 23.2 Å². The number of hydrogen-bond donors (Lipinski definition) is 2. The summed E-state index contributed by atoms with van der Waals surface area (Å²) in [6.07, 6.45) is 3.10. The molecule has 0 saturated carbocycles. The lowest BCUT2D eigenvalue weighted by atomic mass is 9.81. The molecule has 3 amide bonds. The van der Waals surface area contributed by atoms with Gasteiger partial charge in [-0.1, -0.05) is 55.7 Å². The van der Waals surface area contributed by atoms with E-state index >= 15 is 4.39 Å². The number of carbonyl (C=O) groups excluding carboxylic acids is 5. The van der Waals surface area contributed by atoms with E-state index in [1.54, 1.807) is 34.3 Å². The van der Waals surface area contributed by atoms with E-state index in [2.05, 4.69) is 23.7 Å². The second-order valence-electron chi connectivity index (χ2n) is 21.9. The van der Waals surface area contributed by atoms with Crippen LogP contribution >= 0.6 is 0 Å². The molecule has 1 aliphatic carbocycles. The van der Waals surface area contributed by atoms with Crippen molar-refractivity contribution >= 4 is 45.9 Å². The average Bonchev–Trinajstić information content (AvgIpc) is 2.49. The van der Waals surface area contributed by atoms with Crippen molar-refractivity contribution in [3.05, 3.63) is 139 Å². The van der Waals surface area contributed by atoms with Gasteiger partial charge in [0.15, 0.2) is 0 Å². The number of aliphatic hydroxyl groups is 1. The number of benzene rings is 3. The van der Waals surface area contributed by atoms with Crippen LogP contribution in [0, 0.1) is 24.6 Å². The van der Waals surface area contributed by atoms with E-state index < -0.39 is 29.6 Å². The number of fused-ring (bicyclic) bond motifs is 7. The average molecular weight is 1150 g/mol. The highest BCUT2D eigenvalue weighted by Crippen LogP contribution is 2.47. The van der Waals surface area contributed by atoms with Crippen LogP contribution in [0.3, 0.4) is 0 Å². The summed E-state index contributed by atoms with van der Waals surface area (Å²) in [5.41, 5.74) is 6.40. The molecule has 3 atom stereocenters. The quantitative estimate of drug-likeness (QED) is 0.0379. The van der Waals surface area contributed by atoms with Gasteiger partial charge in [-0.15, -0.1) is 0 Å². The number of likely N-dealkylation sites (tertiary alicyclic amines) is 1. The van der Waals surface area contributed by atoms with Gasteiger partial charge in [0.05, 0.1) is 93.5 Å². The van der Waals surface area contributed by atoms with Gasteiger partial charge in [0.25, 0.3) is 5.56 Å². The maximum Gasteiger partial charge on any atom is 0.258 e. The summed E-state index contributed by atoms with van der Waals surface area (Å²) in [6.45, 7) is 10.7. The number of para-hydroxylation sites is 1. The summed E-state index contributed by atoms with van der Waals surface area (Å²) in [7, 11) is 0.